The van der Waals surface area contributed by atoms with Gasteiger partial charge in [0, 0.05) is 18.2 Å². The molecule has 0 aromatic heterocycles. The van der Waals surface area contributed by atoms with Crippen molar-refractivity contribution in [3.63, 3.8) is 0 Å². The summed E-state index contributed by atoms with van der Waals surface area (Å²) in [5, 5.41) is 22.8. The molecule has 0 saturated heterocycles. The maximum Gasteiger partial charge on any atom is 0.269 e. The Hall–Kier alpha value is -3.52. The van der Waals surface area contributed by atoms with Gasteiger partial charge in [-0.2, -0.15) is 0 Å². The van der Waals surface area contributed by atoms with Crippen LogP contribution >= 0.6 is 0 Å². The van der Waals surface area contributed by atoms with E-state index in [1.165, 1.54) is 29.9 Å². The standard InChI is InChI=1S/C17H15N3O5/c21-17(19-22)10-7-13-1-3-14(4-2-13)11-18-25-12-15-5-8-16(9-6-15)20(23)24/h1-11,22H,12H2,(H,19,21)/b10-7+,18-11+. The molecule has 1 amide bonds. The van der Waals surface area contributed by atoms with E-state index in [9.17, 15) is 14.9 Å². The zero-order chi connectivity index (χ0) is 18.1. The Morgan fingerprint density at radius 1 is 1.16 bits per heavy atom. The van der Waals surface area contributed by atoms with E-state index in [1.807, 2.05) is 0 Å². The average Bonchev–Trinajstić information content (AvgIpc) is 2.64. The summed E-state index contributed by atoms with van der Waals surface area (Å²) in [6.07, 6.45) is 4.29. The van der Waals surface area contributed by atoms with Gasteiger partial charge in [0.25, 0.3) is 11.6 Å². The Balaban J connectivity index is 1.84. The lowest BCUT2D eigenvalue weighted by Gasteiger charge is -2.00. The number of hydrogen-bond donors (Lipinski definition) is 2. The minimum absolute atomic E-state index is 0.0258. The number of nitro benzene ring substituents is 1. The lowest BCUT2D eigenvalue weighted by molar-refractivity contribution is -0.384. The third-order valence-electron chi connectivity index (χ3n) is 3.13. The molecule has 8 nitrogen and oxygen atoms in total. The van der Waals surface area contributed by atoms with Gasteiger partial charge < -0.3 is 4.84 Å². The molecule has 0 radical (unpaired) electrons. The number of amides is 1. The van der Waals surface area contributed by atoms with E-state index in [2.05, 4.69) is 5.16 Å². The first-order valence-corrected chi connectivity index (χ1v) is 7.19. The first kappa shape index (κ1) is 17.8. The normalized spacial score (nSPS) is 10.9. The fraction of sp³-hybridized carbons (Fsp3) is 0.0588. The maximum absolute atomic E-state index is 10.9. The molecule has 0 aliphatic rings. The van der Waals surface area contributed by atoms with Crippen molar-refractivity contribution in [2.45, 2.75) is 6.61 Å². The molecule has 2 N–H and O–H groups in total. The van der Waals surface area contributed by atoms with E-state index >= 15 is 0 Å². The average molecular weight is 341 g/mol. The van der Waals surface area contributed by atoms with Crippen LogP contribution in [0.3, 0.4) is 0 Å². The molecule has 128 valence electrons. The highest BCUT2D eigenvalue weighted by Gasteiger charge is 2.03. The summed E-state index contributed by atoms with van der Waals surface area (Å²) in [6.45, 7) is 0.200. The number of hydrogen-bond acceptors (Lipinski definition) is 6. The van der Waals surface area contributed by atoms with Gasteiger partial charge in [0.05, 0.1) is 11.1 Å². The molecule has 25 heavy (non-hydrogen) atoms. The highest BCUT2D eigenvalue weighted by molar-refractivity contribution is 5.91. The number of nitro groups is 1. The number of hydroxylamine groups is 1. The summed E-state index contributed by atoms with van der Waals surface area (Å²) in [6, 6.07) is 13.2. The summed E-state index contributed by atoms with van der Waals surface area (Å²) >= 11 is 0. The van der Waals surface area contributed by atoms with Gasteiger partial charge in [0.2, 0.25) is 0 Å². The van der Waals surface area contributed by atoms with Crippen LogP contribution in [0.4, 0.5) is 5.69 Å². The molecule has 0 atom stereocenters. The van der Waals surface area contributed by atoms with Crippen LogP contribution in [-0.4, -0.2) is 22.3 Å². The molecule has 0 aliphatic carbocycles. The van der Waals surface area contributed by atoms with Crippen molar-refractivity contribution in [1.29, 1.82) is 0 Å². The quantitative estimate of drug-likeness (QED) is 0.264. The number of benzene rings is 2. The van der Waals surface area contributed by atoms with Gasteiger partial charge in [-0.05, 0) is 34.9 Å². The molecule has 8 heteroatoms. The van der Waals surface area contributed by atoms with Gasteiger partial charge in [-0.15, -0.1) is 0 Å². The van der Waals surface area contributed by atoms with E-state index in [4.69, 9.17) is 10.0 Å². The number of carbonyl (C=O) groups excluding carboxylic acids is 1. The fourth-order valence-corrected chi connectivity index (χ4v) is 1.83. The van der Waals surface area contributed by atoms with Crippen LogP contribution in [0.25, 0.3) is 6.08 Å². The van der Waals surface area contributed by atoms with Crippen molar-refractivity contribution in [2.75, 3.05) is 0 Å². The lowest BCUT2D eigenvalue weighted by Crippen LogP contribution is -2.14. The highest BCUT2D eigenvalue weighted by atomic mass is 16.6. The van der Waals surface area contributed by atoms with Gasteiger partial charge in [-0.25, -0.2) is 5.48 Å². The monoisotopic (exact) mass is 341 g/mol. The molecule has 0 aliphatic heterocycles. The minimum Gasteiger partial charge on any atom is -0.391 e. The van der Waals surface area contributed by atoms with Gasteiger partial charge in [-0.3, -0.25) is 20.1 Å². The van der Waals surface area contributed by atoms with Crippen molar-refractivity contribution < 1.29 is 19.8 Å². The van der Waals surface area contributed by atoms with Gasteiger partial charge >= 0.3 is 0 Å². The molecule has 2 aromatic rings. The third kappa shape index (κ3) is 5.88. The second kappa shape index (κ2) is 8.94. The summed E-state index contributed by atoms with van der Waals surface area (Å²) < 4.78 is 0. The van der Waals surface area contributed by atoms with Crippen molar-refractivity contribution in [3.05, 3.63) is 81.4 Å². The van der Waals surface area contributed by atoms with Crippen molar-refractivity contribution in [2.24, 2.45) is 5.16 Å². The van der Waals surface area contributed by atoms with Crippen LogP contribution in [0.5, 0.6) is 0 Å². The van der Waals surface area contributed by atoms with Crippen molar-refractivity contribution >= 4 is 23.9 Å². The Bertz CT molecular complexity index is 783. The SMILES string of the molecule is O=C(/C=C/c1ccc(/C=N/OCc2ccc([N+](=O)[O-])cc2)cc1)NO. The smallest absolute Gasteiger partial charge is 0.269 e. The Labute approximate surface area is 143 Å². The van der Waals surface area contributed by atoms with Gasteiger partial charge in [-0.1, -0.05) is 29.4 Å². The third-order valence-corrected chi connectivity index (χ3v) is 3.13. The Kier molecular flexibility index (Phi) is 6.38. The summed E-state index contributed by atoms with van der Waals surface area (Å²) in [7, 11) is 0. The zero-order valence-electron chi connectivity index (χ0n) is 13.0. The molecule has 0 unspecified atom stereocenters. The molecule has 0 bridgehead atoms. The largest absolute Gasteiger partial charge is 0.391 e. The van der Waals surface area contributed by atoms with Crippen molar-refractivity contribution in [1.82, 2.24) is 5.48 Å². The summed E-state index contributed by atoms with van der Waals surface area (Å²) in [4.78, 5) is 26.1. The van der Waals surface area contributed by atoms with E-state index in [-0.39, 0.29) is 12.3 Å². The molecule has 0 saturated carbocycles. The van der Waals surface area contributed by atoms with E-state index in [0.29, 0.717) is 0 Å². The van der Waals surface area contributed by atoms with Crippen LogP contribution in [0, 0.1) is 10.1 Å². The maximum atomic E-state index is 10.9. The highest BCUT2D eigenvalue weighted by Crippen LogP contribution is 2.12. The number of nitrogens with zero attached hydrogens (tertiary/aromatic N) is 2. The Morgan fingerprint density at radius 3 is 2.40 bits per heavy atom. The zero-order valence-corrected chi connectivity index (χ0v) is 13.0. The number of non-ortho nitro benzene ring substituents is 1. The van der Waals surface area contributed by atoms with E-state index < -0.39 is 10.8 Å². The lowest BCUT2D eigenvalue weighted by atomic mass is 10.1. The molecule has 0 fully saturated rings. The first-order chi connectivity index (χ1) is 12.1. The van der Waals surface area contributed by atoms with E-state index in [1.54, 1.807) is 42.5 Å². The number of rotatable bonds is 7. The predicted octanol–water partition coefficient (Wildman–Crippen LogP) is 2.66. The van der Waals surface area contributed by atoms with Crippen LogP contribution in [0.15, 0.2) is 59.8 Å². The molecule has 2 aromatic carbocycles. The van der Waals surface area contributed by atoms with Crippen LogP contribution in [0.1, 0.15) is 16.7 Å². The number of nitrogens with one attached hydrogen (secondary N) is 1. The summed E-state index contributed by atoms with van der Waals surface area (Å²) in [5.74, 6) is -0.606. The molecule has 2 rings (SSSR count). The van der Waals surface area contributed by atoms with Crippen LogP contribution in [0.2, 0.25) is 0 Å². The van der Waals surface area contributed by atoms with Crippen LogP contribution in [-0.2, 0) is 16.2 Å². The molecular weight excluding hydrogens is 326 g/mol. The van der Waals surface area contributed by atoms with Gasteiger partial charge in [0.1, 0.15) is 6.61 Å². The first-order valence-electron chi connectivity index (χ1n) is 7.19. The van der Waals surface area contributed by atoms with Crippen molar-refractivity contribution in [3.8, 4) is 0 Å². The molecule has 0 heterocycles. The topological polar surface area (TPSA) is 114 Å². The second-order valence-electron chi connectivity index (χ2n) is 4.91. The molecule has 0 spiro atoms. The predicted molar refractivity (Wildman–Crippen MR) is 90.9 cm³/mol. The number of carbonyl (C=O) groups is 1. The summed E-state index contributed by atoms with van der Waals surface area (Å²) in [5.41, 5.74) is 3.88. The van der Waals surface area contributed by atoms with Crippen LogP contribution < -0.4 is 5.48 Å². The Morgan fingerprint density at radius 2 is 1.80 bits per heavy atom. The van der Waals surface area contributed by atoms with Gasteiger partial charge in [0.15, 0.2) is 0 Å². The number of oxime groups is 1. The second-order valence-corrected chi connectivity index (χ2v) is 4.91. The fourth-order valence-electron chi connectivity index (χ4n) is 1.83. The van der Waals surface area contributed by atoms with E-state index in [0.717, 1.165) is 16.7 Å². The molecular formula is C17H15N3O5. The minimum atomic E-state index is -0.606.